The van der Waals surface area contributed by atoms with Crippen LogP contribution in [-0.4, -0.2) is 15.0 Å². The maximum Gasteiger partial charge on any atom is 0.216 e. The minimum absolute atomic E-state index is 0.165. The van der Waals surface area contributed by atoms with Gasteiger partial charge < -0.3 is 4.74 Å². The number of nitrogens with one attached hydrogen (secondary N) is 1. The molecule has 4 nitrogen and oxygen atoms in total. The summed E-state index contributed by atoms with van der Waals surface area (Å²) in [7, 11) is -3.46. The Kier molecular flexibility index (Phi) is 4.13. The van der Waals surface area contributed by atoms with Crippen molar-refractivity contribution in [3.8, 4) is 5.75 Å². The summed E-state index contributed by atoms with van der Waals surface area (Å²) in [6, 6.07) is 11.1. The molecule has 0 saturated carbocycles. The summed E-state index contributed by atoms with van der Waals surface area (Å²) in [6.45, 7) is 0.909. The van der Waals surface area contributed by atoms with Gasteiger partial charge in [-0.25, -0.2) is 17.5 Å². The van der Waals surface area contributed by atoms with E-state index >= 15 is 0 Å². The van der Waals surface area contributed by atoms with Gasteiger partial charge in [-0.05, 0) is 34.9 Å². The molecule has 1 aliphatic rings. The lowest BCUT2D eigenvalue weighted by Crippen LogP contribution is -2.24. The van der Waals surface area contributed by atoms with Gasteiger partial charge in [-0.1, -0.05) is 24.3 Å². The van der Waals surface area contributed by atoms with E-state index in [0.29, 0.717) is 12.2 Å². The van der Waals surface area contributed by atoms with Crippen LogP contribution in [0.5, 0.6) is 5.75 Å². The highest BCUT2D eigenvalue weighted by Gasteiger charge is 2.14. The fourth-order valence-corrected chi connectivity index (χ4v) is 3.51. The number of sulfonamides is 1. The molecule has 0 unspecified atom stereocenters. The van der Waals surface area contributed by atoms with Crippen molar-refractivity contribution in [2.45, 2.75) is 18.7 Å². The predicted octanol–water partition coefficient (Wildman–Crippen LogP) is 2.38. The van der Waals surface area contributed by atoms with Gasteiger partial charge in [0.05, 0.1) is 12.4 Å². The van der Waals surface area contributed by atoms with Crippen molar-refractivity contribution < 1.29 is 17.5 Å². The highest BCUT2D eigenvalue weighted by molar-refractivity contribution is 7.88. The Morgan fingerprint density at radius 1 is 1.09 bits per heavy atom. The van der Waals surface area contributed by atoms with Crippen molar-refractivity contribution in [2.75, 3.05) is 6.61 Å². The van der Waals surface area contributed by atoms with Crippen LogP contribution >= 0.6 is 0 Å². The lowest BCUT2D eigenvalue weighted by molar-refractivity contribution is 0.357. The summed E-state index contributed by atoms with van der Waals surface area (Å²) in [4.78, 5) is 0. The fourth-order valence-electron chi connectivity index (χ4n) is 2.39. The lowest BCUT2D eigenvalue weighted by atomic mass is 10.1. The van der Waals surface area contributed by atoms with Gasteiger partial charge in [0.2, 0.25) is 10.0 Å². The Hall–Kier alpha value is -1.92. The van der Waals surface area contributed by atoms with E-state index in [2.05, 4.69) is 4.72 Å². The molecule has 0 fully saturated rings. The highest BCUT2D eigenvalue weighted by atomic mass is 32.2. The number of hydrogen-bond acceptors (Lipinski definition) is 3. The van der Waals surface area contributed by atoms with Crippen molar-refractivity contribution in [1.82, 2.24) is 4.72 Å². The third-order valence-corrected chi connectivity index (χ3v) is 4.82. The van der Waals surface area contributed by atoms with Gasteiger partial charge in [0, 0.05) is 13.0 Å². The van der Waals surface area contributed by atoms with Crippen molar-refractivity contribution in [2.24, 2.45) is 0 Å². The molecule has 0 aromatic heterocycles. The molecule has 6 heteroatoms. The molecule has 116 valence electrons. The van der Waals surface area contributed by atoms with Gasteiger partial charge in [0.1, 0.15) is 11.6 Å². The number of fused-ring (bicyclic) bond motifs is 1. The molecule has 22 heavy (non-hydrogen) atoms. The number of hydrogen-bond donors (Lipinski definition) is 1. The molecule has 1 heterocycles. The van der Waals surface area contributed by atoms with E-state index in [1.165, 1.54) is 24.3 Å². The average Bonchev–Trinajstić information content (AvgIpc) is 2.95. The number of rotatable bonds is 5. The molecule has 3 rings (SSSR count). The zero-order valence-corrected chi connectivity index (χ0v) is 12.7. The standard InChI is InChI=1S/C16H16FNO3S/c17-15-4-1-12(2-5-15)11-22(19,20)18-10-13-3-6-16-14(9-13)7-8-21-16/h1-6,9,18H,7-8,10-11H2. The average molecular weight is 321 g/mol. The second-order valence-electron chi connectivity index (χ2n) is 5.25. The minimum Gasteiger partial charge on any atom is -0.493 e. The van der Waals surface area contributed by atoms with Gasteiger partial charge in [0.25, 0.3) is 0 Å². The molecule has 0 aliphatic carbocycles. The Morgan fingerprint density at radius 3 is 2.59 bits per heavy atom. The molecular weight excluding hydrogens is 305 g/mol. The Labute approximate surface area is 129 Å². The molecular formula is C16H16FNO3S. The van der Waals surface area contributed by atoms with Crippen LogP contribution in [0.4, 0.5) is 4.39 Å². The summed E-state index contributed by atoms with van der Waals surface area (Å²) < 4.78 is 44.9. The van der Waals surface area contributed by atoms with Crippen molar-refractivity contribution in [3.63, 3.8) is 0 Å². The van der Waals surface area contributed by atoms with E-state index in [9.17, 15) is 12.8 Å². The third-order valence-electron chi connectivity index (χ3n) is 3.52. The molecule has 0 spiro atoms. The largest absolute Gasteiger partial charge is 0.493 e. The highest BCUT2D eigenvalue weighted by Crippen LogP contribution is 2.25. The summed E-state index contributed by atoms with van der Waals surface area (Å²) in [5.41, 5.74) is 2.55. The minimum atomic E-state index is -3.46. The van der Waals surface area contributed by atoms with Crippen LogP contribution in [0.1, 0.15) is 16.7 Å². The molecule has 0 radical (unpaired) electrons. The first-order valence-electron chi connectivity index (χ1n) is 6.98. The smallest absolute Gasteiger partial charge is 0.216 e. The zero-order valence-electron chi connectivity index (χ0n) is 11.9. The van der Waals surface area contributed by atoms with Gasteiger partial charge >= 0.3 is 0 Å². The van der Waals surface area contributed by atoms with Gasteiger partial charge in [-0.2, -0.15) is 0 Å². The van der Waals surface area contributed by atoms with Crippen LogP contribution in [0, 0.1) is 5.82 Å². The first kappa shape index (κ1) is 15.0. The van der Waals surface area contributed by atoms with Gasteiger partial charge in [-0.3, -0.25) is 0 Å². The van der Waals surface area contributed by atoms with E-state index < -0.39 is 10.0 Å². The zero-order chi connectivity index (χ0) is 15.6. The summed E-state index contributed by atoms with van der Waals surface area (Å²) in [5.74, 6) is 0.328. The van der Waals surface area contributed by atoms with E-state index in [1.807, 2.05) is 18.2 Å². The second-order valence-corrected chi connectivity index (χ2v) is 7.05. The lowest BCUT2D eigenvalue weighted by Gasteiger charge is -2.08. The van der Waals surface area contributed by atoms with Crippen LogP contribution in [0.15, 0.2) is 42.5 Å². The molecule has 1 aliphatic heterocycles. The summed E-state index contributed by atoms with van der Waals surface area (Å²) in [6.07, 6.45) is 0.853. The number of halogens is 1. The predicted molar refractivity (Wildman–Crippen MR) is 81.5 cm³/mol. The SMILES string of the molecule is O=S(=O)(Cc1ccc(F)cc1)NCc1ccc2c(c1)CCO2. The molecule has 0 saturated heterocycles. The molecule has 0 atom stereocenters. The van der Waals surface area contributed by atoms with Crippen LogP contribution in [0.3, 0.4) is 0 Å². The molecule has 0 bridgehead atoms. The second kappa shape index (κ2) is 6.06. The maximum atomic E-state index is 12.8. The topological polar surface area (TPSA) is 55.4 Å². The normalized spacial score (nSPS) is 13.7. The Morgan fingerprint density at radius 2 is 1.82 bits per heavy atom. The van der Waals surface area contributed by atoms with E-state index in [-0.39, 0.29) is 18.1 Å². The third kappa shape index (κ3) is 3.64. The van der Waals surface area contributed by atoms with Crippen molar-refractivity contribution in [3.05, 3.63) is 65.0 Å². The number of ether oxygens (including phenoxy) is 1. The van der Waals surface area contributed by atoms with E-state index in [0.717, 1.165) is 23.3 Å². The summed E-state index contributed by atoms with van der Waals surface area (Å²) >= 11 is 0. The van der Waals surface area contributed by atoms with E-state index in [1.54, 1.807) is 0 Å². The molecule has 2 aromatic carbocycles. The fraction of sp³-hybridized carbons (Fsp3) is 0.250. The monoisotopic (exact) mass is 321 g/mol. The van der Waals surface area contributed by atoms with Crippen LogP contribution in [0.25, 0.3) is 0 Å². The van der Waals surface area contributed by atoms with Crippen LogP contribution in [-0.2, 0) is 28.7 Å². The van der Waals surface area contributed by atoms with Gasteiger partial charge in [0.15, 0.2) is 0 Å². The Bertz CT molecular complexity index is 772. The van der Waals surface area contributed by atoms with Crippen LogP contribution < -0.4 is 9.46 Å². The van der Waals surface area contributed by atoms with Gasteiger partial charge in [-0.15, -0.1) is 0 Å². The first-order chi connectivity index (χ1) is 10.5. The maximum absolute atomic E-state index is 12.8. The van der Waals surface area contributed by atoms with E-state index in [4.69, 9.17) is 4.74 Å². The van der Waals surface area contributed by atoms with Crippen molar-refractivity contribution >= 4 is 10.0 Å². The van der Waals surface area contributed by atoms with Crippen LogP contribution in [0.2, 0.25) is 0 Å². The number of benzene rings is 2. The quantitative estimate of drug-likeness (QED) is 0.920. The summed E-state index contributed by atoms with van der Waals surface area (Å²) in [5, 5.41) is 0. The van der Waals surface area contributed by atoms with Crippen molar-refractivity contribution in [1.29, 1.82) is 0 Å². The Balaban J connectivity index is 1.63. The first-order valence-corrected chi connectivity index (χ1v) is 8.63. The molecule has 2 aromatic rings. The molecule has 0 amide bonds. The molecule has 1 N–H and O–H groups in total.